The minimum Gasteiger partial charge on any atom is -0.382 e. The summed E-state index contributed by atoms with van der Waals surface area (Å²) in [6, 6.07) is -0.466. The lowest BCUT2D eigenvalue weighted by Crippen LogP contribution is -2.46. The molecule has 0 aliphatic heterocycles. The molecule has 5 heteroatoms. The minimum absolute atomic E-state index is 0. The molecule has 0 rings (SSSR count). The van der Waals surface area contributed by atoms with Crippen molar-refractivity contribution in [3.05, 3.63) is 0 Å². The van der Waals surface area contributed by atoms with E-state index >= 15 is 0 Å². The van der Waals surface area contributed by atoms with Gasteiger partial charge in [-0.3, -0.25) is 4.79 Å². The molecule has 14 heavy (non-hydrogen) atoms. The van der Waals surface area contributed by atoms with Gasteiger partial charge < -0.3 is 16.2 Å². The number of aliphatic hydroxyl groups excluding tert-OH is 1. The van der Waals surface area contributed by atoms with Crippen molar-refractivity contribution >= 4 is 18.3 Å². The zero-order valence-electron chi connectivity index (χ0n) is 8.99. The Bertz CT molecular complexity index is 165. The van der Waals surface area contributed by atoms with Gasteiger partial charge in [-0.05, 0) is 19.3 Å². The number of amides is 1. The van der Waals surface area contributed by atoms with Gasteiger partial charge in [-0.15, -0.1) is 12.4 Å². The van der Waals surface area contributed by atoms with Crippen LogP contribution in [-0.2, 0) is 4.79 Å². The van der Waals surface area contributed by atoms with Crippen LogP contribution in [0.2, 0.25) is 0 Å². The summed E-state index contributed by atoms with van der Waals surface area (Å²) in [4.78, 5) is 11.1. The molecule has 0 aromatic carbocycles. The van der Waals surface area contributed by atoms with Crippen molar-refractivity contribution < 1.29 is 9.90 Å². The lowest BCUT2D eigenvalue weighted by atomic mass is 10.00. The Hall–Kier alpha value is -0.320. The van der Waals surface area contributed by atoms with Crippen LogP contribution in [0, 0.1) is 5.92 Å². The molecular formula is C9H21ClN2O2. The van der Waals surface area contributed by atoms with E-state index < -0.39 is 12.1 Å². The normalized spacial score (nSPS) is 14.4. The second kappa shape index (κ2) is 8.03. The molecule has 0 fully saturated rings. The van der Waals surface area contributed by atoms with Gasteiger partial charge in [-0.25, -0.2) is 0 Å². The summed E-state index contributed by atoms with van der Waals surface area (Å²) < 4.78 is 0. The summed E-state index contributed by atoms with van der Waals surface area (Å²) in [7, 11) is 0. The van der Waals surface area contributed by atoms with Crippen molar-refractivity contribution in [3.8, 4) is 0 Å². The summed E-state index contributed by atoms with van der Waals surface area (Å²) >= 11 is 0. The summed E-state index contributed by atoms with van der Waals surface area (Å²) in [5, 5.41) is 12.0. The maximum absolute atomic E-state index is 11.1. The number of carbonyl (C=O) groups is 1. The van der Waals surface area contributed by atoms with Crippen molar-refractivity contribution in [2.75, 3.05) is 6.54 Å². The number of aliphatic hydroxyl groups is 1. The van der Waals surface area contributed by atoms with Crippen LogP contribution in [0.5, 0.6) is 0 Å². The van der Waals surface area contributed by atoms with Gasteiger partial charge in [0.1, 0.15) is 6.10 Å². The van der Waals surface area contributed by atoms with E-state index in [1.807, 2.05) is 13.8 Å². The van der Waals surface area contributed by atoms with Gasteiger partial charge in [0, 0.05) is 12.6 Å². The third-order valence-corrected chi connectivity index (χ3v) is 1.77. The molecule has 0 bridgehead atoms. The molecule has 0 saturated heterocycles. The fraction of sp³-hybridized carbons (Fsp3) is 0.889. The lowest BCUT2D eigenvalue weighted by Gasteiger charge is -2.19. The van der Waals surface area contributed by atoms with Gasteiger partial charge in [-0.1, -0.05) is 13.8 Å². The number of carbonyl (C=O) groups excluding carboxylic acids is 1. The van der Waals surface area contributed by atoms with Crippen molar-refractivity contribution in [2.45, 2.75) is 39.3 Å². The Morgan fingerprint density at radius 3 is 2.36 bits per heavy atom. The molecule has 0 heterocycles. The Labute approximate surface area is 91.7 Å². The fourth-order valence-corrected chi connectivity index (χ4v) is 1.15. The summed E-state index contributed by atoms with van der Waals surface area (Å²) in [6.45, 7) is 6.33. The highest BCUT2D eigenvalue weighted by Crippen LogP contribution is 2.05. The molecule has 0 saturated carbocycles. The maximum Gasteiger partial charge on any atom is 0.250 e. The first-order chi connectivity index (χ1) is 5.99. The van der Waals surface area contributed by atoms with Gasteiger partial charge in [0.15, 0.2) is 0 Å². The molecule has 0 aliphatic rings. The zero-order chi connectivity index (χ0) is 10.4. The molecule has 2 atom stereocenters. The third kappa shape index (κ3) is 6.18. The minimum atomic E-state index is -1.08. The highest BCUT2D eigenvalue weighted by atomic mass is 35.5. The van der Waals surface area contributed by atoms with E-state index in [1.165, 1.54) is 0 Å². The van der Waals surface area contributed by atoms with Gasteiger partial charge in [-0.2, -0.15) is 0 Å². The van der Waals surface area contributed by atoms with Crippen molar-refractivity contribution in [2.24, 2.45) is 11.7 Å². The van der Waals surface area contributed by atoms with Crippen LogP contribution in [0.3, 0.4) is 0 Å². The van der Waals surface area contributed by atoms with Crippen LogP contribution in [0.1, 0.15) is 27.2 Å². The SMILES string of the molecule is CCNC(=O)C(O)C(N)CC(C)C.Cl. The van der Waals surface area contributed by atoms with Crippen LogP contribution in [0.15, 0.2) is 0 Å². The van der Waals surface area contributed by atoms with Crippen LogP contribution in [0.25, 0.3) is 0 Å². The number of halogens is 1. The number of hydrogen-bond acceptors (Lipinski definition) is 3. The summed E-state index contributed by atoms with van der Waals surface area (Å²) in [6.07, 6.45) is -0.430. The number of likely N-dealkylation sites (N-methyl/N-ethyl adjacent to an activating group) is 1. The molecule has 2 unspecified atom stereocenters. The smallest absolute Gasteiger partial charge is 0.250 e. The molecule has 0 aromatic heterocycles. The van der Waals surface area contributed by atoms with E-state index in [0.717, 1.165) is 0 Å². The van der Waals surface area contributed by atoms with Crippen LogP contribution >= 0.6 is 12.4 Å². The second-order valence-corrected chi connectivity index (χ2v) is 3.63. The number of rotatable bonds is 5. The average Bonchev–Trinajstić information content (AvgIpc) is 2.02. The predicted octanol–water partition coefficient (Wildman–Crippen LogP) is 0.279. The van der Waals surface area contributed by atoms with Crippen molar-refractivity contribution in [1.29, 1.82) is 0 Å². The van der Waals surface area contributed by atoms with Gasteiger partial charge in [0.2, 0.25) is 5.91 Å². The number of nitrogens with one attached hydrogen (secondary N) is 1. The Balaban J connectivity index is 0. The molecular weight excluding hydrogens is 204 g/mol. The summed E-state index contributed by atoms with van der Waals surface area (Å²) in [5.41, 5.74) is 5.64. The Morgan fingerprint density at radius 1 is 1.50 bits per heavy atom. The van der Waals surface area contributed by atoms with E-state index in [-0.39, 0.29) is 18.3 Å². The highest BCUT2D eigenvalue weighted by molar-refractivity contribution is 5.85. The van der Waals surface area contributed by atoms with E-state index in [4.69, 9.17) is 5.73 Å². The molecule has 0 radical (unpaired) electrons. The Kier molecular flexibility index (Phi) is 9.24. The number of hydrogen-bond donors (Lipinski definition) is 3. The van der Waals surface area contributed by atoms with Crippen molar-refractivity contribution in [1.82, 2.24) is 5.32 Å². The molecule has 4 nitrogen and oxygen atoms in total. The van der Waals surface area contributed by atoms with Gasteiger partial charge >= 0.3 is 0 Å². The van der Waals surface area contributed by atoms with E-state index in [2.05, 4.69) is 5.32 Å². The summed E-state index contributed by atoms with van der Waals surface area (Å²) in [5.74, 6) is 0.00901. The zero-order valence-corrected chi connectivity index (χ0v) is 9.80. The molecule has 0 spiro atoms. The van der Waals surface area contributed by atoms with Crippen LogP contribution < -0.4 is 11.1 Å². The first-order valence-corrected chi connectivity index (χ1v) is 4.70. The Morgan fingerprint density at radius 2 is 2.00 bits per heavy atom. The molecule has 4 N–H and O–H groups in total. The first kappa shape index (κ1) is 16.1. The average molecular weight is 225 g/mol. The quantitative estimate of drug-likeness (QED) is 0.628. The standard InChI is InChI=1S/C9H20N2O2.ClH/c1-4-11-9(13)8(12)7(10)5-6(2)3;/h6-8,12H,4-5,10H2,1-3H3,(H,11,13);1H. The first-order valence-electron chi connectivity index (χ1n) is 4.70. The topological polar surface area (TPSA) is 75.3 Å². The third-order valence-electron chi connectivity index (χ3n) is 1.77. The molecule has 0 aromatic rings. The van der Waals surface area contributed by atoms with E-state index in [0.29, 0.717) is 18.9 Å². The lowest BCUT2D eigenvalue weighted by molar-refractivity contribution is -0.130. The largest absolute Gasteiger partial charge is 0.382 e. The van der Waals surface area contributed by atoms with Crippen molar-refractivity contribution in [3.63, 3.8) is 0 Å². The maximum atomic E-state index is 11.1. The molecule has 86 valence electrons. The van der Waals surface area contributed by atoms with Crippen LogP contribution in [-0.4, -0.2) is 29.7 Å². The van der Waals surface area contributed by atoms with Gasteiger partial charge in [0.25, 0.3) is 0 Å². The molecule has 0 aliphatic carbocycles. The second-order valence-electron chi connectivity index (χ2n) is 3.63. The van der Waals surface area contributed by atoms with Crippen LogP contribution in [0.4, 0.5) is 0 Å². The van der Waals surface area contributed by atoms with E-state index in [9.17, 15) is 9.90 Å². The monoisotopic (exact) mass is 224 g/mol. The highest BCUT2D eigenvalue weighted by Gasteiger charge is 2.22. The predicted molar refractivity (Wildman–Crippen MR) is 59.4 cm³/mol. The number of nitrogens with two attached hydrogens (primary N) is 1. The molecule has 1 amide bonds. The van der Waals surface area contributed by atoms with Gasteiger partial charge in [0.05, 0.1) is 0 Å². The van der Waals surface area contributed by atoms with E-state index in [1.54, 1.807) is 6.92 Å². The fourth-order valence-electron chi connectivity index (χ4n) is 1.15.